The Morgan fingerprint density at radius 2 is 2.04 bits per heavy atom. The van der Waals surface area contributed by atoms with Crippen LogP contribution in [0.5, 0.6) is 0 Å². The van der Waals surface area contributed by atoms with Crippen molar-refractivity contribution >= 4 is 22.8 Å². The normalized spacial score (nSPS) is 16.8. The maximum absolute atomic E-state index is 12.2. The van der Waals surface area contributed by atoms with E-state index in [1.165, 1.54) is 5.56 Å². The number of nitrogens with one attached hydrogen (secondary N) is 2. The van der Waals surface area contributed by atoms with E-state index >= 15 is 0 Å². The van der Waals surface area contributed by atoms with E-state index < -0.39 is 11.7 Å². The number of piperidine rings is 1. The standard InChI is InChI=1S/C21H24N4O3/c1-2-15-6-5-7-16(14-15)21(27)10-12-25(13-11-21)28-20(26)22-19-17-8-3-4-9-18(17)23-24-19/h3-9,14,27H,2,10-13H2,1H3,(H2,22,23,24,26). The molecule has 1 aliphatic rings. The van der Waals surface area contributed by atoms with Gasteiger partial charge in [-0.25, -0.2) is 4.79 Å². The highest BCUT2D eigenvalue weighted by molar-refractivity contribution is 5.96. The molecule has 0 atom stereocenters. The van der Waals surface area contributed by atoms with Gasteiger partial charge in [0.15, 0.2) is 5.82 Å². The average molecular weight is 380 g/mol. The highest BCUT2D eigenvalue weighted by atomic mass is 16.7. The molecule has 3 aromatic rings. The van der Waals surface area contributed by atoms with Crippen molar-refractivity contribution in [3.05, 3.63) is 59.7 Å². The van der Waals surface area contributed by atoms with Gasteiger partial charge in [0.1, 0.15) is 0 Å². The third kappa shape index (κ3) is 3.72. The second-order valence-corrected chi connectivity index (χ2v) is 7.14. The van der Waals surface area contributed by atoms with Crippen LogP contribution in [0.15, 0.2) is 48.5 Å². The molecule has 7 heteroatoms. The van der Waals surface area contributed by atoms with Crippen molar-refractivity contribution in [3.63, 3.8) is 0 Å². The van der Waals surface area contributed by atoms with Gasteiger partial charge in [-0.3, -0.25) is 10.4 Å². The molecule has 0 unspecified atom stereocenters. The minimum absolute atomic E-state index is 0.436. The zero-order valence-corrected chi connectivity index (χ0v) is 15.8. The Hall–Kier alpha value is -2.90. The van der Waals surface area contributed by atoms with E-state index in [0.717, 1.165) is 22.9 Å². The zero-order valence-electron chi connectivity index (χ0n) is 15.8. The molecule has 1 aromatic heterocycles. The van der Waals surface area contributed by atoms with Crippen LogP contribution in [0.3, 0.4) is 0 Å². The van der Waals surface area contributed by atoms with Crippen LogP contribution in [0.2, 0.25) is 0 Å². The number of amides is 1. The molecule has 1 fully saturated rings. The second kappa shape index (κ2) is 7.61. The van der Waals surface area contributed by atoms with E-state index in [1.807, 2.05) is 36.4 Å². The number of carbonyl (C=O) groups is 1. The first-order valence-electron chi connectivity index (χ1n) is 9.56. The number of anilines is 1. The van der Waals surface area contributed by atoms with E-state index in [4.69, 9.17) is 4.84 Å². The van der Waals surface area contributed by atoms with Crippen molar-refractivity contribution in [2.75, 3.05) is 18.4 Å². The largest absolute Gasteiger partial charge is 0.432 e. The number of aliphatic hydroxyl groups is 1. The molecule has 0 aliphatic carbocycles. The zero-order chi connectivity index (χ0) is 19.6. The van der Waals surface area contributed by atoms with Crippen LogP contribution in [0, 0.1) is 0 Å². The molecule has 0 radical (unpaired) electrons. The molecule has 1 aliphatic heterocycles. The van der Waals surface area contributed by atoms with Crippen LogP contribution in [0.25, 0.3) is 10.9 Å². The van der Waals surface area contributed by atoms with E-state index in [-0.39, 0.29) is 0 Å². The Morgan fingerprint density at radius 3 is 2.82 bits per heavy atom. The van der Waals surface area contributed by atoms with Gasteiger partial charge in [-0.05, 0) is 42.5 Å². The Morgan fingerprint density at radius 1 is 1.25 bits per heavy atom. The number of para-hydroxylation sites is 1. The molecule has 28 heavy (non-hydrogen) atoms. The summed E-state index contributed by atoms with van der Waals surface area (Å²) in [7, 11) is 0. The number of carbonyl (C=O) groups excluding carboxylic acids is 1. The van der Waals surface area contributed by atoms with E-state index in [2.05, 4.69) is 34.6 Å². The number of rotatable bonds is 4. The second-order valence-electron chi connectivity index (χ2n) is 7.14. The summed E-state index contributed by atoms with van der Waals surface area (Å²) < 4.78 is 0. The summed E-state index contributed by atoms with van der Waals surface area (Å²) in [6.45, 7) is 3.02. The first-order valence-corrected chi connectivity index (χ1v) is 9.56. The van der Waals surface area contributed by atoms with E-state index in [1.54, 1.807) is 5.06 Å². The topological polar surface area (TPSA) is 90.5 Å². The van der Waals surface area contributed by atoms with Gasteiger partial charge in [0.25, 0.3) is 0 Å². The Labute approximate surface area is 163 Å². The van der Waals surface area contributed by atoms with Crippen LogP contribution < -0.4 is 5.32 Å². The number of benzene rings is 2. The van der Waals surface area contributed by atoms with Gasteiger partial charge in [-0.15, -0.1) is 5.06 Å². The highest BCUT2D eigenvalue weighted by Crippen LogP contribution is 2.33. The van der Waals surface area contributed by atoms with Crippen molar-refractivity contribution in [1.29, 1.82) is 0 Å². The lowest BCUT2D eigenvalue weighted by molar-refractivity contribution is -0.148. The van der Waals surface area contributed by atoms with Gasteiger partial charge in [0.2, 0.25) is 0 Å². The fraction of sp³-hybridized carbons (Fsp3) is 0.333. The first-order chi connectivity index (χ1) is 13.6. The number of hydrogen-bond acceptors (Lipinski definition) is 5. The monoisotopic (exact) mass is 380 g/mol. The van der Waals surface area contributed by atoms with Crippen molar-refractivity contribution in [2.45, 2.75) is 31.8 Å². The molecular weight excluding hydrogens is 356 g/mol. The molecule has 146 valence electrons. The number of nitrogens with zero attached hydrogens (tertiary/aromatic N) is 2. The van der Waals surface area contributed by atoms with Gasteiger partial charge < -0.3 is 9.94 Å². The quantitative estimate of drug-likeness (QED) is 0.644. The molecule has 1 amide bonds. The fourth-order valence-corrected chi connectivity index (χ4v) is 3.61. The molecule has 0 spiro atoms. The number of fused-ring (bicyclic) bond motifs is 1. The number of aromatic nitrogens is 2. The smallest absolute Gasteiger partial charge is 0.385 e. The number of hydroxylamine groups is 2. The minimum Gasteiger partial charge on any atom is -0.385 e. The lowest BCUT2D eigenvalue weighted by atomic mass is 9.84. The third-order valence-corrected chi connectivity index (χ3v) is 5.32. The van der Waals surface area contributed by atoms with Crippen LogP contribution in [-0.2, 0) is 16.9 Å². The Balaban J connectivity index is 1.35. The molecule has 4 rings (SSSR count). The molecule has 2 aromatic carbocycles. The SMILES string of the molecule is CCc1cccc(C2(O)CCN(OC(=O)Nc3n[nH]c4ccccc34)CC2)c1. The van der Waals surface area contributed by atoms with Crippen LogP contribution >= 0.6 is 0 Å². The molecule has 7 nitrogen and oxygen atoms in total. The summed E-state index contributed by atoms with van der Waals surface area (Å²) in [5, 5.41) is 23.1. The summed E-state index contributed by atoms with van der Waals surface area (Å²) in [6.07, 6.45) is 1.34. The van der Waals surface area contributed by atoms with Gasteiger partial charge >= 0.3 is 6.09 Å². The number of aromatic amines is 1. The fourth-order valence-electron chi connectivity index (χ4n) is 3.61. The van der Waals surface area contributed by atoms with Crippen molar-refractivity contribution < 1.29 is 14.7 Å². The Bertz CT molecular complexity index is 976. The van der Waals surface area contributed by atoms with Gasteiger partial charge in [0.05, 0.1) is 11.1 Å². The predicted octanol–water partition coefficient (Wildman–Crippen LogP) is 3.57. The maximum atomic E-state index is 12.2. The average Bonchev–Trinajstić information content (AvgIpc) is 3.13. The summed E-state index contributed by atoms with van der Waals surface area (Å²) >= 11 is 0. The summed E-state index contributed by atoms with van der Waals surface area (Å²) in [6, 6.07) is 15.6. The Kier molecular flexibility index (Phi) is 5.02. The molecular formula is C21H24N4O3. The maximum Gasteiger partial charge on any atom is 0.432 e. The van der Waals surface area contributed by atoms with E-state index in [0.29, 0.717) is 31.7 Å². The third-order valence-electron chi connectivity index (χ3n) is 5.32. The lowest BCUT2D eigenvalue weighted by Gasteiger charge is -2.37. The van der Waals surface area contributed by atoms with Crippen molar-refractivity contribution in [2.24, 2.45) is 0 Å². The number of aryl methyl sites for hydroxylation is 1. The number of hydrogen-bond donors (Lipinski definition) is 3. The molecule has 3 N–H and O–H groups in total. The molecule has 1 saturated heterocycles. The molecule has 0 saturated carbocycles. The summed E-state index contributed by atoms with van der Waals surface area (Å²) in [4.78, 5) is 17.7. The summed E-state index contributed by atoms with van der Waals surface area (Å²) in [5.41, 5.74) is 2.09. The van der Waals surface area contributed by atoms with Crippen molar-refractivity contribution in [3.8, 4) is 0 Å². The predicted molar refractivity (Wildman–Crippen MR) is 107 cm³/mol. The van der Waals surface area contributed by atoms with Crippen LogP contribution in [-0.4, -0.2) is 39.5 Å². The van der Waals surface area contributed by atoms with Crippen LogP contribution in [0.4, 0.5) is 10.6 Å². The lowest BCUT2D eigenvalue weighted by Crippen LogP contribution is -2.44. The van der Waals surface area contributed by atoms with Gasteiger partial charge in [-0.1, -0.05) is 43.3 Å². The van der Waals surface area contributed by atoms with Crippen molar-refractivity contribution in [1.82, 2.24) is 15.3 Å². The van der Waals surface area contributed by atoms with E-state index in [9.17, 15) is 9.90 Å². The molecule has 2 heterocycles. The summed E-state index contributed by atoms with van der Waals surface area (Å²) in [5.74, 6) is 0.436. The van der Waals surface area contributed by atoms with Gasteiger partial charge in [0, 0.05) is 18.5 Å². The molecule has 0 bridgehead atoms. The first kappa shape index (κ1) is 18.5. The van der Waals surface area contributed by atoms with Gasteiger partial charge in [-0.2, -0.15) is 5.10 Å². The number of H-pyrrole nitrogens is 1. The minimum atomic E-state index is -0.889. The highest BCUT2D eigenvalue weighted by Gasteiger charge is 2.35. The van der Waals surface area contributed by atoms with Crippen LogP contribution in [0.1, 0.15) is 30.9 Å².